The standard InChI is InChI=1S/C22H24N4O3/c1-16-23-24-21(29-16)22-8-9-26(20(27)18-7-10-28-14-18)13-19(22)12-25(15-22)11-17-5-3-2-4-6-17/h2-7,10,14,19H,8-9,11-13,15H2,1H3/t19-,22+/m1/s1. The number of rotatable bonds is 4. The summed E-state index contributed by atoms with van der Waals surface area (Å²) in [4.78, 5) is 17.3. The van der Waals surface area contributed by atoms with Crippen LogP contribution in [0.15, 0.2) is 57.8 Å². The molecule has 3 aromatic rings. The van der Waals surface area contributed by atoms with Gasteiger partial charge in [-0.2, -0.15) is 0 Å². The highest BCUT2D eigenvalue weighted by Crippen LogP contribution is 2.45. The Morgan fingerprint density at radius 1 is 1.21 bits per heavy atom. The molecule has 0 bridgehead atoms. The molecule has 0 radical (unpaired) electrons. The van der Waals surface area contributed by atoms with E-state index in [1.807, 2.05) is 17.9 Å². The summed E-state index contributed by atoms with van der Waals surface area (Å²) in [5.41, 5.74) is 1.68. The second-order valence-electron chi connectivity index (χ2n) is 8.15. The van der Waals surface area contributed by atoms with Gasteiger partial charge in [0.2, 0.25) is 11.8 Å². The number of furan rings is 1. The summed E-state index contributed by atoms with van der Waals surface area (Å²) in [5, 5.41) is 8.50. The Hall–Kier alpha value is -2.93. The van der Waals surface area contributed by atoms with Crippen LogP contribution in [0.2, 0.25) is 0 Å². The van der Waals surface area contributed by atoms with Crippen molar-refractivity contribution in [3.8, 4) is 0 Å². The molecule has 1 amide bonds. The number of hydrogen-bond acceptors (Lipinski definition) is 6. The molecule has 0 aliphatic carbocycles. The molecule has 7 heteroatoms. The zero-order chi connectivity index (χ0) is 19.8. The zero-order valence-corrected chi connectivity index (χ0v) is 16.5. The van der Waals surface area contributed by atoms with Gasteiger partial charge in [0, 0.05) is 45.6 Å². The number of carbonyl (C=O) groups excluding carboxylic acids is 1. The average molecular weight is 392 g/mol. The first-order chi connectivity index (χ1) is 14.1. The number of amides is 1. The van der Waals surface area contributed by atoms with Gasteiger partial charge in [0.15, 0.2) is 0 Å². The number of piperidine rings is 1. The number of likely N-dealkylation sites (tertiary alicyclic amines) is 2. The lowest BCUT2D eigenvalue weighted by molar-refractivity contribution is 0.0567. The van der Waals surface area contributed by atoms with Crippen LogP contribution in [0.4, 0.5) is 0 Å². The Bertz CT molecular complexity index is 985. The maximum atomic E-state index is 12.9. The minimum Gasteiger partial charge on any atom is -0.472 e. The van der Waals surface area contributed by atoms with E-state index in [1.165, 1.54) is 11.8 Å². The molecule has 150 valence electrons. The van der Waals surface area contributed by atoms with Crippen LogP contribution < -0.4 is 0 Å². The van der Waals surface area contributed by atoms with Crippen LogP contribution in [-0.4, -0.2) is 52.1 Å². The summed E-state index contributed by atoms with van der Waals surface area (Å²) in [6.45, 7) is 5.81. The van der Waals surface area contributed by atoms with E-state index in [-0.39, 0.29) is 17.2 Å². The molecule has 0 unspecified atom stereocenters. The average Bonchev–Trinajstić information content (AvgIpc) is 3.47. The number of carbonyl (C=O) groups is 1. The molecule has 0 spiro atoms. The van der Waals surface area contributed by atoms with Gasteiger partial charge in [-0.25, -0.2) is 0 Å². The van der Waals surface area contributed by atoms with Gasteiger partial charge in [0.05, 0.1) is 17.2 Å². The maximum Gasteiger partial charge on any atom is 0.257 e. The number of benzene rings is 1. The first-order valence-corrected chi connectivity index (χ1v) is 10.0. The van der Waals surface area contributed by atoms with Crippen molar-refractivity contribution in [3.05, 3.63) is 71.8 Å². The van der Waals surface area contributed by atoms with Gasteiger partial charge in [-0.1, -0.05) is 30.3 Å². The smallest absolute Gasteiger partial charge is 0.257 e. The largest absolute Gasteiger partial charge is 0.472 e. The third-order valence-electron chi connectivity index (χ3n) is 6.29. The molecule has 7 nitrogen and oxygen atoms in total. The molecule has 1 aromatic carbocycles. The van der Waals surface area contributed by atoms with E-state index < -0.39 is 0 Å². The molecule has 4 heterocycles. The van der Waals surface area contributed by atoms with E-state index >= 15 is 0 Å². The Labute approximate surface area is 169 Å². The number of hydrogen-bond donors (Lipinski definition) is 0. The molecule has 2 aliphatic heterocycles. The zero-order valence-electron chi connectivity index (χ0n) is 16.5. The number of aryl methyl sites for hydroxylation is 1. The minimum atomic E-state index is -0.205. The molecule has 2 saturated heterocycles. The molecule has 2 fully saturated rings. The van der Waals surface area contributed by atoms with E-state index in [0.717, 1.165) is 26.1 Å². The fraction of sp³-hybridized carbons (Fsp3) is 0.409. The van der Waals surface area contributed by atoms with Gasteiger partial charge in [0.1, 0.15) is 6.26 Å². The topological polar surface area (TPSA) is 75.6 Å². The first kappa shape index (κ1) is 18.1. The van der Waals surface area contributed by atoms with Gasteiger partial charge >= 0.3 is 0 Å². The van der Waals surface area contributed by atoms with Gasteiger partial charge in [-0.05, 0) is 18.1 Å². The fourth-order valence-corrected chi connectivity index (χ4v) is 4.85. The normalized spacial score (nSPS) is 24.6. The second kappa shape index (κ2) is 7.15. The number of aromatic nitrogens is 2. The van der Waals surface area contributed by atoms with Crippen LogP contribution in [0.25, 0.3) is 0 Å². The van der Waals surface area contributed by atoms with Gasteiger partial charge in [-0.3, -0.25) is 9.69 Å². The van der Waals surface area contributed by atoms with Crippen LogP contribution in [-0.2, 0) is 12.0 Å². The van der Waals surface area contributed by atoms with Gasteiger partial charge in [0.25, 0.3) is 5.91 Å². The van der Waals surface area contributed by atoms with Crippen molar-refractivity contribution in [2.24, 2.45) is 5.92 Å². The number of nitrogens with zero attached hydrogens (tertiary/aromatic N) is 4. The van der Waals surface area contributed by atoms with E-state index in [4.69, 9.17) is 8.83 Å². The molecule has 2 atom stereocenters. The third-order valence-corrected chi connectivity index (χ3v) is 6.29. The van der Waals surface area contributed by atoms with Crippen LogP contribution >= 0.6 is 0 Å². The predicted molar refractivity (Wildman–Crippen MR) is 105 cm³/mol. The molecule has 2 aromatic heterocycles. The summed E-state index contributed by atoms with van der Waals surface area (Å²) in [6, 6.07) is 12.2. The van der Waals surface area contributed by atoms with Gasteiger partial charge < -0.3 is 13.7 Å². The highest BCUT2D eigenvalue weighted by molar-refractivity contribution is 5.93. The van der Waals surface area contributed by atoms with E-state index in [1.54, 1.807) is 12.3 Å². The Morgan fingerprint density at radius 3 is 2.79 bits per heavy atom. The summed E-state index contributed by atoms with van der Waals surface area (Å²) < 4.78 is 11.0. The van der Waals surface area contributed by atoms with Crippen molar-refractivity contribution in [1.82, 2.24) is 20.0 Å². The Kier molecular flexibility index (Phi) is 4.47. The van der Waals surface area contributed by atoms with E-state index in [2.05, 4.69) is 39.4 Å². The molecule has 0 N–H and O–H groups in total. The van der Waals surface area contributed by atoms with Crippen molar-refractivity contribution in [1.29, 1.82) is 0 Å². The summed E-state index contributed by atoms with van der Waals surface area (Å²) in [6.07, 6.45) is 3.87. The quantitative estimate of drug-likeness (QED) is 0.680. The fourth-order valence-electron chi connectivity index (χ4n) is 4.85. The van der Waals surface area contributed by atoms with Crippen LogP contribution in [0, 0.1) is 12.8 Å². The number of fused-ring (bicyclic) bond motifs is 1. The summed E-state index contributed by atoms with van der Waals surface area (Å²) in [7, 11) is 0. The first-order valence-electron chi connectivity index (χ1n) is 10.0. The van der Waals surface area contributed by atoms with Crippen LogP contribution in [0.1, 0.15) is 34.1 Å². The summed E-state index contributed by atoms with van der Waals surface area (Å²) >= 11 is 0. The monoisotopic (exact) mass is 392 g/mol. The lowest BCUT2D eigenvalue weighted by atomic mass is 9.72. The molecule has 29 heavy (non-hydrogen) atoms. The Morgan fingerprint density at radius 2 is 2.07 bits per heavy atom. The summed E-state index contributed by atoms with van der Waals surface area (Å²) in [5.74, 6) is 1.57. The van der Waals surface area contributed by atoms with E-state index in [0.29, 0.717) is 30.4 Å². The SMILES string of the molecule is Cc1nnc([C@]23CCN(C(=O)c4ccoc4)C[C@H]2CN(Cc2ccccc2)C3)o1. The van der Waals surface area contributed by atoms with Gasteiger partial charge in [-0.15, -0.1) is 10.2 Å². The lowest BCUT2D eigenvalue weighted by Gasteiger charge is -2.41. The van der Waals surface area contributed by atoms with E-state index in [9.17, 15) is 4.79 Å². The molecule has 5 rings (SSSR count). The lowest BCUT2D eigenvalue weighted by Crippen LogP contribution is -2.51. The molecular weight excluding hydrogens is 368 g/mol. The van der Waals surface area contributed by atoms with Crippen LogP contribution in [0.5, 0.6) is 0 Å². The molecule has 0 saturated carbocycles. The minimum absolute atomic E-state index is 0.0237. The Balaban J connectivity index is 1.41. The maximum absolute atomic E-state index is 12.9. The highest BCUT2D eigenvalue weighted by atomic mass is 16.4. The van der Waals surface area contributed by atoms with Crippen molar-refractivity contribution in [2.75, 3.05) is 26.2 Å². The second-order valence-corrected chi connectivity index (χ2v) is 8.15. The van der Waals surface area contributed by atoms with Crippen LogP contribution in [0.3, 0.4) is 0 Å². The molecular formula is C22H24N4O3. The predicted octanol–water partition coefficient (Wildman–Crippen LogP) is 2.89. The third kappa shape index (κ3) is 3.25. The highest BCUT2D eigenvalue weighted by Gasteiger charge is 2.54. The van der Waals surface area contributed by atoms with Crippen molar-refractivity contribution < 1.29 is 13.6 Å². The van der Waals surface area contributed by atoms with Crippen molar-refractivity contribution in [2.45, 2.75) is 25.3 Å². The van der Waals surface area contributed by atoms with Crippen molar-refractivity contribution in [3.63, 3.8) is 0 Å². The molecule has 2 aliphatic rings. The van der Waals surface area contributed by atoms with Crippen molar-refractivity contribution >= 4 is 5.91 Å².